The molecule has 0 fully saturated rings. The molecule has 96 valence electrons. The fourth-order valence-corrected chi connectivity index (χ4v) is 1.81. The Labute approximate surface area is 105 Å². The number of anilines is 1. The number of ether oxygens (including phenoxy) is 1. The maximum atomic E-state index is 5.65. The van der Waals surface area contributed by atoms with E-state index in [1.165, 1.54) is 5.56 Å². The fraction of sp³-hybridized carbons (Fsp3) is 0.571. The van der Waals surface area contributed by atoms with Crippen molar-refractivity contribution in [3.8, 4) is 0 Å². The number of nitrogen functional groups attached to an aromatic ring is 1. The van der Waals surface area contributed by atoms with Gasteiger partial charge in [-0.1, -0.05) is 12.1 Å². The van der Waals surface area contributed by atoms with Gasteiger partial charge in [-0.15, -0.1) is 0 Å². The molecule has 0 aliphatic heterocycles. The molecule has 0 saturated heterocycles. The van der Waals surface area contributed by atoms with Gasteiger partial charge >= 0.3 is 0 Å². The fourth-order valence-electron chi connectivity index (χ4n) is 1.81. The zero-order chi connectivity index (χ0) is 12.7. The molecule has 3 nitrogen and oxygen atoms in total. The Balaban J connectivity index is 2.25. The summed E-state index contributed by atoms with van der Waals surface area (Å²) in [5.74, 6) is 0. The second-order valence-corrected chi connectivity index (χ2v) is 4.63. The first kappa shape index (κ1) is 14.0. The smallest absolute Gasteiger partial charge is 0.0615 e. The molecule has 3 heteroatoms. The highest BCUT2D eigenvalue weighted by Gasteiger charge is 2.07. The van der Waals surface area contributed by atoms with Gasteiger partial charge in [0, 0.05) is 18.8 Å². The van der Waals surface area contributed by atoms with Crippen molar-refractivity contribution in [3.05, 3.63) is 29.8 Å². The first-order valence-electron chi connectivity index (χ1n) is 6.17. The summed E-state index contributed by atoms with van der Waals surface area (Å²) in [5.41, 5.74) is 7.84. The summed E-state index contributed by atoms with van der Waals surface area (Å²) in [5, 5.41) is 0. The molecule has 0 aliphatic rings. The van der Waals surface area contributed by atoms with E-state index in [4.69, 9.17) is 10.5 Å². The monoisotopic (exact) mass is 236 g/mol. The molecule has 0 radical (unpaired) electrons. The molecule has 1 unspecified atom stereocenters. The highest BCUT2D eigenvalue weighted by molar-refractivity contribution is 5.39. The van der Waals surface area contributed by atoms with Crippen LogP contribution in [0.5, 0.6) is 0 Å². The first-order chi connectivity index (χ1) is 8.13. The SMILES string of the molecule is COCC(C)N(C)CCCc1ccc(N)cc1. The minimum absolute atomic E-state index is 0.478. The Bertz CT molecular complexity index is 311. The van der Waals surface area contributed by atoms with Crippen LogP contribution in [0.1, 0.15) is 18.9 Å². The maximum absolute atomic E-state index is 5.65. The van der Waals surface area contributed by atoms with Crippen LogP contribution in [-0.4, -0.2) is 38.3 Å². The van der Waals surface area contributed by atoms with E-state index in [0.717, 1.165) is 31.7 Å². The summed E-state index contributed by atoms with van der Waals surface area (Å²) < 4.78 is 5.15. The van der Waals surface area contributed by atoms with Crippen LogP contribution in [0.2, 0.25) is 0 Å². The van der Waals surface area contributed by atoms with E-state index in [-0.39, 0.29) is 0 Å². The van der Waals surface area contributed by atoms with Crippen LogP contribution in [0, 0.1) is 0 Å². The molecule has 1 aromatic rings. The van der Waals surface area contributed by atoms with Gasteiger partial charge in [0.05, 0.1) is 6.61 Å². The van der Waals surface area contributed by atoms with Crippen molar-refractivity contribution in [2.24, 2.45) is 0 Å². The third-order valence-corrected chi connectivity index (χ3v) is 3.12. The van der Waals surface area contributed by atoms with E-state index in [9.17, 15) is 0 Å². The van der Waals surface area contributed by atoms with Gasteiger partial charge in [-0.05, 0) is 51.1 Å². The van der Waals surface area contributed by atoms with Gasteiger partial charge in [0.1, 0.15) is 0 Å². The predicted molar refractivity (Wildman–Crippen MR) is 73.1 cm³/mol. The zero-order valence-electron chi connectivity index (χ0n) is 11.1. The molecule has 1 atom stereocenters. The van der Waals surface area contributed by atoms with Gasteiger partial charge in [0.2, 0.25) is 0 Å². The molecule has 0 aromatic heterocycles. The first-order valence-corrected chi connectivity index (χ1v) is 6.17. The van der Waals surface area contributed by atoms with Crippen LogP contribution in [0.25, 0.3) is 0 Å². The molecule has 0 bridgehead atoms. The zero-order valence-corrected chi connectivity index (χ0v) is 11.1. The van der Waals surface area contributed by atoms with Crippen LogP contribution in [0.4, 0.5) is 5.69 Å². The van der Waals surface area contributed by atoms with E-state index in [0.29, 0.717) is 6.04 Å². The number of rotatable bonds is 7. The van der Waals surface area contributed by atoms with E-state index >= 15 is 0 Å². The quantitative estimate of drug-likeness (QED) is 0.737. The third-order valence-electron chi connectivity index (χ3n) is 3.12. The van der Waals surface area contributed by atoms with Crippen LogP contribution in [0.15, 0.2) is 24.3 Å². The van der Waals surface area contributed by atoms with Crippen LogP contribution in [-0.2, 0) is 11.2 Å². The molecule has 0 heterocycles. The summed E-state index contributed by atoms with van der Waals surface area (Å²) in [6.07, 6.45) is 2.26. The minimum atomic E-state index is 0.478. The Hall–Kier alpha value is -1.06. The number of likely N-dealkylation sites (N-methyl/N-ethyl adjacent to an activating group) is 1. The van der Waals surface area contributed by atoms with Crippen molar-refractivity contribution >= 4 is 5.69 Å². The lowest BCUT2D eigenvalue weighted by Gasteiger charge is -2.23. The van der Waals surface area contributed by atoms with Crippen molar-refractivity contribution in [1.29, 1.82) is 0 Å². The second kappa shape index (κ2) is 7.30. The molecule has 0 saturated carbocycles. The average molecular weight is 236 g/mol. The van der Waals surface area contributed by atoms with Gasteiger partial charge in [0.15, 0.2) is 0 Å². The van der Waals surface area contributed by atoms with Gasteiger partial charge in [0.25, 0.3) is 0 Å². The second-order valence-electron chi connectivity index (χ2n) is 4.63. The molecule has 1 rings (SSSR count). The van der Waals surface area contributed by atoms with Crippen molar-refractivity contribution in [1.82, 2.24) is 4.90 Å². The average Bonchev–Trinajstić information content (AvgIpc) is 2.32. The van der Waals surface area contributed by atoms with Crippen molar-refractivity contribution in [3.63, 3.8) is 0 Å². The van der Waals surface area contributed by atoms with E-state index in [2.05, 4.69) is 31.0 Å². The van der Waals surface area contributed by atoms with Gasteiger partial charge in [-0.3, -0.25) is 0 Å². The van der Waals surface area contributed by atoms with Gasteiger partial charge < -0.3 is 15.4 Å². The Morgan fingerprint density at radius 2 is 1.94 bits per heavy atom. The molecule has 1 aromatic carbocycles. The topological polar surface area (TPSA) is 38.5 Å². The Kier molecular flexibility index (Phi) is 6.01. The number of nitrogens with zero attached hydrogens (tertiary/aromatic N) is 1. The molecule has 0 spiro atoms. The summed E-state index contributed by atoms with van der Waals surface area (Å²) in [6.45, 7) is 4.07. The Morgan fingerprint density at radius 1 is 1.29 bits per heavy atom. The summed E-state index contributed by atoms with van der Waals surface area (Å²) >= 11 is 0. The van der Waals surface area contributed by atoms with E-state index < -0.39 is 0 Å². The van der Waals surface area contributed by atoms with Crippen molar-refractivity contribution < 1.29 is 4.74 Å². The standard InChI is InChI=1S/C14H24N2O/c1-12(11-17-3)16(2)10-4-5-13-6-8-14(15)9-7-13/h6-9,12H,4-5,10-11,15H2,1-3H3. The number of nitrogens with two attached hydrogens (primary N) is 1. The van der Waals surface area contributed by atoms with Gasteiger partial charge in [-0.2, -0.15) is 0 Å². The number of hydrogen-bond donors (Lipinski definition) is 1. The number of hydrogen-bond acceptors (Lipinski definition) is 3. The largest absolute Gasteiger partial charge is 0.399 e. The Morgan fingerprint density at radius 3 is 2.53 bits per heavy atom. The predicted octanol–water partition coefficient (Wildman–Crippen LogP) is 2.17. The highest BCUT2D eigenvalue weighted by atomic mass is 16.5. The highest BCUT2D eigenvalue weighted by Crippen LogP contribution is 2.08. The molecule has 17 heavy (non-hydrogen) atoms. The molecule has 0 aliphatic carbocycles. The molecule has 2 N–H and O–H groups in total. The maximum Gasteiger partial charge on any atom is 0.0615 e. The van der Waals surface area contributed by atoms with Crippen molar-refractivity contribution in [2.45, 2.75) is 25.8 Å². The molecular formula is C14H24N2O. The van der Waals surface area contributed by atoms with Crippen LogP contribution in [0.3, 0.4) is 0 Å². The lowest BCUT2D eigenvalue weighted by atomic mass is 10.1. The minimum Gasteiger partial charge on any atom is -0.399 e. The number of aryl methyl sites for hydroxylation is 1. The molecule has 0 amide bonds. The summed E-state index contributed by atoms with van der Waals surface area (Å²) in [6, 6.07) is 8.62. The van der Waals surface area contributed by atoms with Crippen molar-refractivity contribution in [2.75, 3.05) is 33.0 Å². The summed E-state index contributed by atoms with van der Waals surface area (Å²) in [4.78, 5) is 2.33. The van der Waals surface area contributed by atoms with Gasteiger partial charge in [-0.25, -0.2) is 0 Å². The lowest BCUT2D eigenvalue weighted by Crippen LogP contribution is -2.33. The van der Waals surface area contributed by atoms with Crippen LogP contribution < -0.4 is 5.73 Å². The molecular weight excluding hydrogens is 212 g/mol. The lowest BCUT2D eigenvalue weighted by molar-refractivity contribution is 0.115. The normalized spacial score (nSPS) is 12.9. The van der Waals surface area contributed by atoms with E-state index in [1.54, 1.807) is 7.11 Å². The summed E-state index contributed by atoms with van der Waals surface area (Å²) in [7, 11) is 3.89. The third kappa shape index (κ3) is 5.20. The van der Waals surface area contributed by atoms with Crippen LogP contribution >= 0.6 is 0 Å². The number of methoxy groups -OCH3 is 1. The van der Waals surface area contributed by atoms with E-state index in [1.807, 2.05) is 12.1 Å². The number of benzene rings is 1.